The lowest BCUT2D eigenvalue weighted by molar-refractivity contribution is 0.0692. The van der Waals surface area contributed by atoms with Gasteiger partial charge < -0.3 is 20.3 Å². The van der Waals surface area contributed by atoms with Crippen LogP contribution in [0.2, 0.25) is 0 Å². The van der Waals surface area contributed by atoms with E-state index >= 15 is 0 Å². The van der Waals surface area contributed by atoms with Crippen molar-refractivity contribution in [3.8, 4) is 5.75 Å². The summed E-state index contributed by atoms with van der Waals surface area (Å²) in [5.74, 6) is 1.59. The Morgan fingerprint density at radius 3 is 2.21 bits per heavy atom. The Morgan fingerprint density at radius 2 is 1.51 bits per heavy atom. The number of ether oxygens (including phenoxy) is 1. The number of sulfone groups is 1. The first kappa shape index (κ1) is 33.0. The summed E-state index contributed by atoms with van der Waals surface area (Å²) in [6, 6.07) is 22.1. The molecule has 1 aromatic heterocycles. The van der Waals surface area contributed by atoms with E-state index < -0.39 is 15.1 Å². The highest BCUT2D eigenvalue weighted by Crippen LogP contribution is 2.35. The zero-order valence-electron chi connectivity index (χ0n) is 28.1. The van der Waals surface area contributed by atoms with Crippen LogP contribution in [-0.2, 0) is 9.84 Å². The number of rotatable bonds is 10. The van der Waals surface area contributed by atoms with Crippen LogP contribution in [0.15, 0.2) is 71.6 Å². The first-order chi connectivity index (χ1) is 22.6. The van der Waals surface area contributed by atoms with Gasteiger partial charge in [0, 0.05) is 68.5 Å². The molecule has 0 atom stereocenters. The highest BCUT2D eigenvalue weighted by molar-refractivity contribution is 7.92. The Morgan fingerprint density at radius 1 is 0.809 bits per heavy atom. The number of para-hydroxylation sites is 2. The number of piperidine rings is 1. The van der Waals surface area contributed by atoms with Crippen LogP contribution in [0.5, 0.6) is 5.75 Å². The minimum absolute atomic E-state index is 0.238. The van der Waals surface area contributed by atoms with E-state index in [-0.39, 0.29) is 4.90 Å². The first-order valence-electron chi connectivity index (χ1n) is 16.7. The molecule has 11 heteroatoms. The molecule has 2 aliphatic heterocycles. The normalized spacial score (nSPS) is 17.0. The van der Waals surface area contributed by atoms with Crippen molar-refractivity contribution in [1.82, 2.24) is 19.8 Å². The van der Waals surface area contributed by atoms with E-state index in [1.54, 1.807) is 39.2 Å². The Bertz CT molecular complexity index is 1800. The molecule has 250 valence electrons. The molecule has 0 aliphatic carbocycles. The molecule has 2 fully saturated rings. The number of benzene rings is 3. The van der Waals surface area contributed by atoms with E-state index in [0.717, 1.165) is 74.4 Å². The Balaban J connectivity index is 1.19. The van der Waals surface area contributed by atoms with E-state index in [4.69, 9.17) is 14.7 Å². The van der Waals surface area contributed by atoms with Crippen LogP contribution in [-0.4, -0.2) is 91.9 Å². The standard InChI is InChI=1S/C36H47N7O3S/c1-25(2)41-20-22-43(23-21-41)27-16-18-42(19-17-27)28-14-15-31(33(24-28)46-5)39-36-38-30-11-7-6-10-29(30)35(40-36)37-32-12-8-9-13-34(32)47(44,45)26(3)4/h6-15,24-27H,16-23H2,1-5H3,(H2,37,38,39,40). The highest BCUT2D eigenvalue weighted by Gasteiger charge is 2.29. The number of hydrogen-bond acceptors (Lipinski definition) is 10. The zero-order valence-corrected chi connectivity index (χ0v) is 28.9. The van der Waals surface area contributed by atoms with Crippen molar-refractivity contribution in [3.05, 3.63) is 66.7 Å². The lowest BCUT2D eigenvalue weighted by atomic mass is 10.0. The summed E-state index contributed by atoms with van der Waals surface area (Å²) in [5, 5.41) is 6.89. The average molecular weight is 658 g/mol. The van der Waals surface area contributed by atoms with Gasteiger partial charge in [0.15, 0.2) is 9.84 Å². The van der Waals surface area contributed by atoms with Crippen molar-refractivity contribution in [2.45, 2.75) is 62.8 Å². The number of nitrogens with zero attached hydrogens (tertiary/aromatic N) is 5. The number of nitrogens with one attached hydrogen (secondary N) is 2. The van der Waals surface area contributed by atoms with Crippen LogP contribution in [0.25, 0.3) is 10.9 Å². The molecule has 2 aliphatic rings. The van der Waals surface area contributed by atoms with Gasteiger partial charge in [0.05, 0.1) is 34.1 Å². The minimum atomic E-state index is -3.52. The molecule has 10 nitrogen and oxygen atoms in total. The van der Waals surface area contributed by atoms with Gasteiger partial charge in [-0.2, -0.15) is 4.98 Å². The predicted molar refractivity (Wildman–Crippen MR) is 191 cm³/mol. The maximum atomic E-state index is 13.1. The molecule has 4 aromatic rings. The Hall–Kier alpha value is -3.93. The summed E-state index contributed by atoms with van der Waals surface area (Å²) < 4.78 is 32.1. The van der Waals surface area contributed by atoms with Crippen LogP contribution in [0, 0.1) is 0 Å². The first-order valence-corrected chi connectivity index (χ1v) is 18.2. The van der Waals surface area contributed by atoms with E-state index in [0.29, 0.717) is 35.3 Å². The largest absolute Gasteiger partial charge is 0.494 e. The Labute approximate surface area is 279 Å². The molecule has 0 saturated carbocycles. The fourth-order valence-corrected chi connectivity index (χ4v) is 7.84. The maximum absolute atomic E-state index is 13.1. The van der Waals surface area contributed by atoms with Crippen molar-refractivity contribution >= 4 is 49.6 Å². The molecular formula is C36H47N7O3S. The van der Waals surface area contributed by atoms with E-state index in [1.807, 2.05) is 36.4 Å². The van der Waals surface area contributed by atoms with Gasteiger partial charge in [-0.1, -0.05) is 24.3 Å². The van der Waals surface area contributed by atoms with Gasteiger partial charge in [0.2, 0.25) is 5.95 Å². The smallest absolute Gasteiger partial charge is 0.229 e. The van der Waals surface area contributed by atoms with Crippen molar-refractivity contribution in [3.63, 3.8) is 0 Å². The predicted octanol–water partition coefficient (Wildman–Crippen LogP) is 6.30. The maximum Gasteiger partial charge on any atom is 0.229 e. The summed E-state index contributed by atoms with van der Waals surface area (Å²) in [6.07, 6.45) is 2.32. The number of aromatic nitrogens is 2. The molecule has 3 aromatic carbocycles. The molecule has 47 heavy (non-hydrogen) atoms. The molecule has 0 radical (unpaired) electrons. The van der Waals surface area contributed by atoms with Gasteiger partial charge in [-0.3, -0.25) is 9.80 Å². The lowest BCUT2D eigenvalue weighted by Gasteiger charge is -2.44. The van der Waals surface area contributed by atoms with Gasteiger partial charge in [-0.25, -0.2) is 13.4 Å². The van der Waals surface area contributed by atoms with Crippen molar-refractivity contribution in [2.24, 2.45) is 0 Å². The summed E-state index contributed by atoms with van der Waals surface area (Å²) >= 11 is 0. The van der Waals surface area contributed by atoms with Gasteiger partial charge in [0.1, 0.15) is 11.6 Å². The molecular weight excluding hydrogens is 611 g/mol. The van der Waals surface area contributed by atoms with Gasteiger partial charge in [-0.15, -0.1) is 0 Å². The lowest BCUT2D eigenvalue weighted by Crippen LogP contribution is -2.54. The second-order valence-electron chi connectivity index (χ2n) is 13.0. The molecule has 0 bridgehead atoms. The number of anilines is 5. The fraction of sp³-hybridized carbons (Fsp3) is 0.444. The Kier molecular flexibility index (Phi) is 9.86. The van der Waals surface area contributed by atoms with Crippen LogP contribution in [0.1, 0.15) is 40.5 Å². The second-order valence-corrected chi connectivity index (χ2v) is 15.5. The quantitative estimate of drug-likeness (QED) is 0.202. The minimum Gasteiger partial charge on any atom is -0.494 e. The summed E-state index contributed by atoms with van der Waals surface area (Å²) in [4.78, 5) is 17.5. The SMILES string of the molecule is COc1cc(N2CCC(N3CCN(C(C)C)CC3)CC2)ccc1Nc1nc(Nc2ccccc2S(=O)(=O)C(C)C)c2ccccc2n1. The molecule has 6 rings (SSSR count). The van der Waals surface area contributed by atoms with E-state index in [2.05, 4.69) is 51.3 Å². The topological polar surface area (TPSA) is 103 Å². The van der Waals surface area contributed by atoms with Gasteiger partial charge in [0.25, 0.3) is 0 Å². The molecule has 0 amide bonds. The van der Waals surface area contributed by atoms with E-state index in [9.17, 15) is 8.42 Å². The summed E-state index contributed by atoms with van der Waals surface area (Å²) in [7, 11) is -1.85. The number of fused-ring (bicyclic) bond motifs is 1. The van der Waals surface area contributed by atoms with Crippen LogP contribution in [0.3, 0.4) is 0 Å². The van der Waals surface area contributed by atoms with Gasteiger partial charge in [-0.05, 0) is 76.9 Å². The van der Waals surface area contributed by atoms with E-state index in [1.165, 1.54) is 0 Å². The second kappa shape index (κ2) is 14.0. The van der Waals surface area contributed by atoms with Gasteiger partial charge >= 0.3 is 0 Å². The summed E-state index contributed by atoms with van der Waals surface area (Å²) in [6.45, 7) is 14.6. The summed E-state index contributed by atoms with van der Waals surface area (Å²) in [5.41, 5.74) is 3.08. The third-order valence-corrected chi connectivity index (χ3v) is 11.7. The number of methoxy groups -OCH3 is 1. The highest BCUT2D eigenvalue weighted by atomic mass is 32.2. The number of piperazine rings is 1. The number of hydrogen-bond donors (Lipinski definition) is 2. The van der Waals surface area contributed by atoms with Crippen molar-refractivity contribution in [1.29, 1.82) is 0 Å². The molecule has 0 spiro atoms. The monoisotopic (exact) mass is 657 g/mol. The van der Waals surface area contributed by atoms with Crippen LogP contribution >= 0.6 is 0 Å². The molecule has 2 N–H and O–H groups in total. The fourth-order valence-electron chi connectivity index (χ4n) is 6.64. The third kappa shape index (κ3) is 7.17. The molecule has 0 unspecified atom stereocenters. The zero-order chi connectivity index (χ0) is 33.1. The molecule has 2 saturated heterocycles. The average Bonchev–Trinajstić information content (AvgIpc) is 3.08. The van der Waals surface area contributed by atoms with Crippen molar-refractivity contribution in [2.75, 3.05) is 61.9 Å². The van der Waals surface area contributed by atoms with Crippen molar-refractivity contribution < 1.29 is 13.2 Å². The molecule has 3 heterocycles. The van der Waals surface area contributed by atoms with Crippen LogP contribution < -0.4 is 20.3 Å². The third-order valence-electron chi connectivity index (χ3n) is 9.53. The van der Waals surface area contributed by atoms with Crippen LogP contribution in [0.4, 0.5) is 28.8 Å².